The quantitative estimate of drug-likeness (QED) is 0.309. The van der Waals surface area contributed by atoms with E-state index in [0.29, 0.717) is 0 Å². The van der Waals surface area contributed by atoms with Crippen molar-refractivity contribution in [3.8, 4) is 0 Å². The molecule has 0 unspecified atom stereocenters. The summed E-state index contributed by atoms with van der Waals surface area (Å²) < 4.78 is 0. The molecule has 0 fully saturated rings. The summed E-state index contributed by atoms with van der Waals surface area (Å²) >= 11 is 0. The molecule has 0 atom stereocenters. The van der Waals surface area contributed by atoms with E-state index in [2.05, 4.69) is 0 Å². The van der Waals surface area contributed by atoms with E-state index in [1.165, 1.54) is 0 Å². The first-order valence-electron chi connectivity index (χ1n) is 4.21. The molecule has 0 aliphatic carbocycles. The van der Waals surface area contributed by atoms with Crippen molar-refractivity contribution in [1.82, 2.24) is 0 Å². The van der Waals surface area contributed by atoms with Gasteiger partial charge < -0.3 is 30.6 Å². The lowest BCUT2D eigenvalue weighted by molar-refractivity contribution is -0.597. The third-order valence-corrected chi connectivity index (χ3v) is 0. The average Bonchev–Trinajstić information content (AvgIpc) is 1.86. The predicted molar refractivity (Wildman–Crippen MR) is 50.5 cm³/mol. The fraction of sp³-hybridized carbons (Fsp3) is 1.00. The normalized spacial score (nSPS) is 8.14. The molecule has 8 heteroatoms. The van der Waals surface area contributed by atoms with Gasteiger partial charge in [0.2, 0.25) is 0 Å². The summed E-state index contributed by atoms with van der Waals surface area (Å²) in [5.41, 5.74) is 0. The molecular formula is C6H25N3O4P+. The topological polar surface area (TPSA) is 139 Å². The molecule has 0 rings (SSSR count). The van der Waals surface area contributed by atoms with Crippen LogP contribution in [0.3, 0.4) is 0 Å². The standard InChI is InChI=1S/3C2H7N.H3O4P/c3*1-3-2;1-5(2,3)4/h3*3H,1-2H3;(H3,1,2,3,4)/p+1. The van der Waals surface area contributed by atoms with Crippen LogP contribution in [0.2, 0.25) is 0 Å². The van der Waals surface area contributed by atoms with Crippen molar-refractivity contribution in [3.63, 3.8) is 0 Å². The van der Waals surface area contributed by atoms with Gasteiger partial charge in [0.1, 0.15) is 0 Å². The van der Waals surface area contributed by atoms with Gasteiger partial charge >= 0.3 is 0 Å². The monoisotopic (exact) mass is 234 g/mol. The fourth-order valence-electron chi connectivity index (χ4n) is 0. The lowest BCUT2D eigenvalue weighted by Gasteiger charge is -2.31. The summed E-state index contributed by atoms with van der Waals surface area (Å²) in [5, 5.41) is 6.00. The number of hydrogen-bond donors (Lipinski definition) is 4. The van der Waals surface area contributed by atoms with Crippen LogP contribution in [-0.2, 0) is 0 Å². The van der Waals surface area contributed by atoms with Crippen LogP contribution < -0.4 is 30.6 Å². The Bertz CT molecular complexity index is 61.8. The summed E-state index contributed by atoms with van der Waals surface area (Å²) in [6, 6.07) is 0. The molecule has 0 saturated heterocycles. The summed E-state index contributed by atoms with van der Waals surface area (Å²) in [5.74, 6) is 0. The second-order valence-electron chi connectivity index (χ2n) is 2.20. The van der Waals surface area contributed by atoms with Gasteiger partial charge in [0.15, 0.2) is 0 Å². The van der Waals surface area contributed by atoms with Crippen LogP contribution in [0.15, 0.2) is 0 Å². The van der Waals surface area contributed by atoms with Crippen LogP contribution >= 0.6 is 8.17 Å². The van der Waals surface area contributed by atoms with Gasteiger partial charge in [0.25, 0.3) is 0 Å². The Kier molecular flexibility index (Phi) is 39.3. The summed E-state index contributed by atoms with van der Waals surface area (Å²) in [7, 11) is 6.86. The Balaban J connectivity index is -0.0000000495. The van der Waals surface area contributed by atoms with E-state index in [9.17, 15) is 0 Å². The Morgan fingerprint density at radius 3 is 0.714 bits per heavy atom. The van der Waals surface area contributed by atoms with Crippen LogP contribution in [0.4, 0.5) is 0 Å². The Morgan fingerprint density at radius 2 is 0.714 bits per heavy atom. The zero-order chi connectivity index (χ0) is 12.6. The third-order valence-electron chi connectivity index (χ3n) is 0. The molecule has 0 aliphatic heterocycles. The fourth-order valence-corrected chi connectivity index (χ4v) is 0. The van der Waals surface area contributed by atoms with Crippen LogP contribution in [0, 0.1) is 0 Å². The van der Waals surface area contributed by atoms with Crippen molar-refractivity contribution in [1.29, 1.82) is 0 Å². The van der Waals surface area contributed by atoms with E-state index < -0.39 is 8.17 Å². The molecule has 14 heavy (non-hydrogen) atoms. The largest absolute Gasteiger partial charge is 0.663 e. The number of quaternary nitrogens is 3. The highest BCUT2D eigenvalue weighted by atomic mass is 31.2. The van der Waals surface area contributed by atoms with Crippen LogP contribution in [0.1, 0.15) is 0 Å². The van der Waals surface area contributed by atoms with E-state index in [1.807, 2.05) is 58.2 Å². The summed E-state index contributed by atoms with van der Waals surface area (Å²) in [6.45, 7) is 0. The minimum atomic E-state index is -5.14. The molecule has 0 aromatic rings. The molecule has 0 aromatic heterocycles. The molecule has 0 aromatic carbocycles. The SMILES string of the molecule is C[NH2+]C.C[NH2+]C.C[NH2+]C.[O-][P+]([O-])([O-])O. The van der Waals surface area contributed by atoms with Gasteiger partial charge in [-0.1, -0.05) is 0 Å². The van der Waals surface area contributed by atoms with Crippen molar-refractivity contribution < 1.29 is 35.5 Å². The van der Waals surface area contributed by atoms with E-state index in [0.717, 1.165) is 0 Å². The Morgan fingerprint density at radius 1 is 0.714 bits per heavy atom. The smallest absolute Gasteiger partial charge is 0.0647 e. The lowest BCUT2D eigenvalue weighted by Crippen LogP contribution is -2.74. The molecule has 92 valence electrons. The molecule has 0 heterocycles. The second kappa shape index (κ2) is 23.2. The first-order chi connectivity index (χ1) is 6.24. The van der Waals surface area contributed by atoms with Crippen molar-refractivity contribution in [2.45, 2.75) is 0 Å². The van der Waals surface area contributed by atoms with Crippen molar-refractivity contribution >= 4 is 8.17 Å². The molecule has 0 bridgehead atoms. The molecule has 0 radical (unpaired) electrons. The zero-order valence-corrected chi connectivity index (χ0v) is 10.7. The molecule has 7 N–H and O–H groups in total. The maximum absolute atomic E-state index is 8.66. The highest BCUT2D eigenvalue weighted by Gasteiger charge is 1.74. The van der Waals surface area contributed by atoms with Gasteiger partial charge in [0.05, 0.1) is 42.3 Å². The molecule has 0 amide bonds. The van der Waals surface area contributed by atoms with E-state index in [1.54, 1.807) is 0 Å². The van der Waals surface area contributed by atoms with Crippen LogP contribution in [0.5, 0.6) is 0 Å². The zero-order valence-electron chi connectivity index (χ0n) is 9.85. The predicted octanol–water partition coefficient (Wildman–Crippen LogP) is -6.83. The number of hydrogen-bond acceptors (Lipinski definition) is 4. The molecular weight excluding hydrogens is 209 g/mol. The van der Waals surface area contributed by atoms with Crippen LogP contribution in [0.25, 0.3) is 0 Å². The van der Waals surface area contributed by atoms with Gasteiger partial charge in [-0.2, -0.15) is 0 Å². The van der Waals surface area contributed by atoms with Gasteiger partial charge in [-0.3, -0.25) is 4.89 Å². The molecule has 7 nitrogen and oxygen atoms in total. The maximum Gasteiger partial charge on any atom is 0.0647 e. The number of rotatable bonds is 0. The Labute approximate surface area is 86.8 Å². The van der Waals surface area contributed by atoms with Crippen molar-refractivity contribution in [2.75, 3.05) is 42.3 Å². The number of nitrogens with two attached hydrogens (primary N) is 3. The minimum Gasteiger partial charge on any atom is -0.663 e. The molecule has 0 spiro atoms. The second-order valence-corrected chi connectivity index (χ2v) is 3.14. The van der Waals surface area contributed by atoms with E-state index in [-0.39, 0.29) is 0 Å². The number of phosphoric acid groups is 1. The first kappa shape index (κ1) is 23.8. The average molecular weight is 234 g/mol. The van der Waals surface area contributed by atoms with Crippen LogP contribution in [-0.4, -0.2) is 47.2 Å². The molecule has 0 saturated carbocycles. The maximum atomic E-state index is 8.66. The molecule has 0 aliphatic rings. The third kappa shape index (κ3) is 67100. The van der Waals surface area contributed by atoms with E-state index in [4.69, 9.17) is 19.6 Å². The summed E-state index contributed by atoms with van der Waals surface area (Å²) in [4.78, 5) is 32.9. The van der Waals surface area contributed by atoms with Crippen molar-refractivity contribution in [2.24, 2.45) is 0 Å². The summed E-state index contributed by atoms with van der Waals surface area (Å²) in [6.07, 6.45) is 0. The highest BCUT2D eigenvalue weighted by molar-refractivity contribution is 7.47. The highest BCUT2D eigenvalue weighted by Crippen LogP contribution is 2.16. The van der Waals surface area contributed by atoms with Gasteiger partial charge in [-0.15, -0.1) is 0 Å². The van der Waals surface area contributed by atoms with Gasteiger partial charge in [-0.05, 0) is 8.17 Å². The van der Waals surface area contributed by atoms with Gasteiger partial charge in [-0.25, -0.2) is 0 Å². The van der Waals surface area contributed by atoms with Crippen molar-refractivity contribution in [3.05, 3.63) is 0 Å². The van der Waals surface area contributed by atoms with Gasteiger partial charge in [0, 0.05) is 0 Å². The first-order valence-corrected chi connectivity index (χ1v) is 5.71. The lowest BCUT2D eigenvalue weighted by atomic mass is 11.3. The minimum absolute atomic E-state index is 2.00. The van der Waals surface area contributed by atoms with E-state index >= 15 is 0 Å². The Hall–Kier alpha value is 0.150.